The van der Waals surface area contributed by atoms with E-state index >= 15 is 0 Å². The highest BCUT2D eigenvalue weighted by atomic mass is 32.2. The fourth-order valence-corrected chi connectivity index (χ4v) is 6.07. The number of hydrogen-bond acceptors (Lipinski definition) is 8. The van der Waals surface area contributed by atoms with E-state index in [0.29, 0.717) is 27.9 Å². The first-order valence-electron chi connectivity index (χ1n) is 13.2. The summed E-state index contributed by atoms with van der Waals surface area (Å²) in [5.41, 5.74) is 3.57. The molecule has 0 aliphatic carbocycles. The fourth-order valence-electron chi connectivity index (χ4n) is 4.26. The van der Waals surface area contributed by atoms with E-state index in [4.69, 9.17) is 14.2 Å². The quantitative estimate of drug-likeness (QED) is 0.149. The molecule has 8 nitrogen and oxygen atoms in total. The molecule has 0 aliphatic heterocycles. The van der Waals surface area contributed by atoms with Crippen molar-refractivity contribution in [1.29, 1.82) is 0 Å². The Morgan fingerprint density at radius 2 is 1.56 bits per heavy atom. The summed E-state index contributed by atoms with van der Waals surface area (Å²) in [6.45, 7) is 0. The molecular weight excluding hydrogens is 583 g/mol. The number of nitrogens with zero attached hydrogens (tertiary/aromatic N) is 1. The lowest BCUT2D eigenvalue weighted by Crippen LogP contribution is -2.19. The number of ether oxygens (including phenoxy) is 3. The third-order valence-corrected chi connectivity index (χ3v) is 8.46. The zero-order valence-electron chi connectivity index (χ0n) is 23.7. The van der Waals surface area contributed by atoms with Crippen LogP contribution in [-0.4, -0.2) is 38.1 Å². The minimum Gasteiger partial charge on any atom is -0.497 e. The molecule has 43 heavy (non-hydrogen) atoms. The van der Waals surface area contributed by atoms with Crippen LogP contribution in [0.3, 0.4) is 0 Å². The topological polar surface area (TPSA) is 98.8 Å². The van der Waals surface area contributed by atoms with E-state index in [9.17, 15) is 9.59 Å². The molecule has 1 heterocycles. The Labute approximate surface area is 258 Å². The number of methoxy groups -OCH3 is 3. The van der Waals surface area contributed by atoms with Crippen LogP contribution in [0.25, 0.3) is 11.3 Å². The van der Waals surface area contributed by atoms with E-state index in [2.05, 4.69) is 15.6 Å². The maximum atomic E-state index is 13.6. The molecule has 0 saturated heterocycles. The third-order valence-electron chi connectivity index (χ3n) is 6.45. The third kappa shape index (κ3) is 7.35. The van der Waals surface area contributed by atoms with Gasteiger partial charge in [-0.3, -0.25) is 9.59 Å². The highest BCUT2D eigenvalue weighted by Crippen LogP contribution is 2.38. The summed E-state index contributed by atoms with van der Waals surface area (Å²) in [7, 11) is 4.69. The molecule has 1 atom stereocenters. The molecule has 1 aromatic heterocycles. The van der Waals surface area contributed by atoms with E-state index in [1.54, 1.807) is 38.5 Å². The maximum absolute atomic E-state index is 13.6. The Balaban J connectivity index is 1.32. The van der Waals surface area contributed by atoms with Gasteiger partial charge in [0, 0.05) is 27.1 Å². The molecule has 5 rings (SSSR count). The Hall–Kier alpha value is -4.80. The molecule has 0 fully saturated rings. The number of anilines is 2. The number of aromatic nitrogens is 1. The highest BCUT2D eigenvalue weighted by Gasteiger charge is 2.23. The van der Waals surface area contributed by atoms with Crippen molar-refractivity contribution < 1.29 is 23.8 Å². The van der Waals surface area contributed by atoms with Crippen LogP contribution in [0.4, 0.5) is 10.8 Å². The lowest BCUT2D eigenvalue weighted by atomic mass is 10.1. The van der Waals surface area contributed by atoms with Gasteiger partial charge in [-0.15, -0.1) is 23.1 Å². The second kappa shape index (κ2) is 13.9. The molecule has 0 bridgehead atoms. The zero-order chi connectivity index (χ0) is 30.2. The summed E-state index contributed by atoms with van der Waals surface area (Å²) in [5.74, 6) is 1.27. The first kappa shape index (κ1) is 29.7. The van der Waals surface area contributed by atoms with Crippen LogP contribution in [0.15, 0.2) is 107 Å². The average molecular weight is 612 g/mol. The smallest absolute Gasteiger partial charge is 0.255 e. The Morgan fingerprint density at radius 1 is 0.791 bits per heavy atom. The molecule has 2 N–H and O–H groups in total. The number of nitrogens with one attached hydrogen (secondary N) is 2. The van der Waals surface area contributed by atoms with Gasteiger partial charge in [0.15, 0.2) is 16.6 Å². The van der Waals surface area contributed by atoms with Crippen molar-refractivity contribution in [3.8, 4) is 28.5 Å². The van der Waals surface area contributed by atoms with Crippen LogP contribution < -0.4 is 24.8 Å². The van der Waals surface area contributed by atoms with Gasteiger partial charge in [-0.1, -0.05) is 36.4 Å². The van der Waals surface area contributed by atoms with Crippen LogP contribution >= 0.6 is 23.1 Å². The van der Waals surface area contributed by atoms with Crippen LogP contribution in [-0.2, 0) is 4.79 Å². The summed E-state index contributed by atoms with van der Waals surface area (Å²) < 4.78 is 15.8. The van der Waals surface area contributed by atoms with Crippen LogP contribution in [0.5, 0.6) is 17.2 Å². The second-order valence-electron chi connectivity index (χ2n) is 9.22. The lowest BCUT2D eigenvalue weighted by Gasteiger charge is -2.17. The lowest BCUT2D eigenvalue weighted by molar-refractivity contribution is -0.115. The molecule has 4 aromatic carbocycles. The monoisotopic (exact) mass is 611 g/mol. The molecule has 0 aliphatic rings. The van der Waals surface area contributed by atoms with Crippen molar-refractivity contribution in [1.82, 2.24) is 4.98 Å². The van der Waals surface area contributed by atoms with E-state index in [-0.39, 0.29) is 11.8 Å². The van der Waals surface area contributed by atoms with Crippen molar-refractivity contribution in [3.63, 3.8) is 0 Å². The number of rotatable bonds is 11. The van der Waals surface area contributed by atoms with Gasteiger partial charge in [0.2, 0.25) is 5.91 Å². The minimum absolute atomic E-state index is 0.202. The van der Waals surface area contributed by atoms with Gasteiger partial charge in [-0.05, 0) is 66.2 Å². The Kier molecular flexibility index (Phi) is 9.60. The molecule has 10 heteroatoms. The highest BCUT2D eigenvalue weighted by molar-refractivity contribution is 8.00. The van der Waals surface area contributed by atoms with Crippen molar-refractivity contribution in [3.05, 3.63) is 114 Å². The number of thioether (sulfide) groups is 1. The normalized spacial score (nSPS) is 11.3. The van der Waals surface area contributed by atoms with Crippen molar-refractivity contribution >= 4 is 45.7 Å². The van der Waals surface area contributed by atoms with Gasteiger partial charge in [0.05, 0.1) is 27.0 Å². The van der Waals surface area contributed by atoms with Crippen LogP contribution in [0, 0.1) is 0 Å². The standard InChI is InChI=1S/C33H29N3O5S2/c1-39-25-15-12-21(13-16-25)27-20-42-33(35-27)36-32(38)30(22-8-5-4-6-9-22)43-26-11-7-10-24(19-26)34-31(37)23-14-17-28(40-2)29(18-23)41-3/h4-20,30H,1-3H3,(H,34,37)(H,35,36,38). The summed E-state index contributed by atoms with van der Waals surface area (Å²) in [5, 5.41) is 7.78. The van der Waals surface area contributed by atoms with Gasteiger partial charge in [-0.2, -0.15) is 0 Å². The summed E-state index contributed by atoms with van der Waals surface area (Å²) in [4.78, 5) is 32.1. The minimum atomic E-state index is -0.564. The predicted octanol–water partition coefficient (Wildman–Crippen LogP) is 7.56. The Morgan fingerprint density at radius 3 is 2.28 bits per heavy atom. The summed E-state index contributed by atoms with van der Waals surface area (Å²) in [6.07, 6.45) is 0. The van der Waals surface area contributed by atoms with E-state index in [1.807, 2.05) is 78.2 Å². The molecule has 5 aromatic rings. The maximum Gasteiger partial charge on any atom is 0.255 e. The van der Waals surface area contributed by atoms with Crippen molar-refractivity contribution in [2.75, 3.05) is 32.0 Å². The van der Waals surface area contributed by atoms with Gasteiger partial charge in [0.1, 0.15) is 11.0 Å². The van der Waals surface area contributed by atoms with Gasteiger partial charge < -0.3 is 24.8 Å². The van der Waals surface area contributed by atoms with Crippen molar-refractivity contribution in [2.45, 2.75) is 10.1 Å². The molecule has 218 valence electrons. The molecule has 0 saturated carbocycles. The number of hydrogen-bond donors (Lipinski definition) is 2. The van der Waals surface area contributed by atoms with Gasteiger partial charge >= 0.3 is 0 Å². The van der Waals surface area contributed by atoms with E-state index in [1.165, 1.54) is 30.2 Å². The average Bonchev–Trinajstić information content (AvgIpc) is 3.52. The summed E-state index contributed by atoms with van der Waals surface area (Å²) in [6, 6.07) is 29.5. The SMILES string of the molecule is COc1ccc(-c2csc(NC(=O)C(Sc3cccc(NC(=O)c4ccc(OC)c(OC)c4)c3)c3ccccc3)n2)cc1. The van der Waals surface area contributed by atoms with Crippen LogP contribution in [0.1, 0.15) is 21.2 Å². The molecular formula is C33H29N3O5S2. The Bertz CT molecular complexity index is 1710. The number of carbonyl (C=O) groups excluding carboxylic acids is 2. The van der Waals surface area contributed by atoms with E-state index < -0.39 is 5.25 Å². The van der Waals surface area contributed by atoms with Crippen molar-refractivity contribution in [2.24, 2.45) is 0 Å². The van der Waals surface area contributed by atoms with Gasteiger partial charge in [-0.25, -0.2) is 4.98 Å². The number of amides is 2. The second-order valence-corrected chi connectivity index (χ2v) is 11.3. The molecule has 1 unspecified atom stereocenters. The first-order valence-corrected chi connectivity index (χ1v) is 15.0. The van der Waals surface area contributed by atoms with Gasteiger partial charge in [0.25, 0.3) is 5.91 Å². The van der Waals surface area contributed by atoms with E-state index in [0.717, 1.165) is 27.5 Å². The van der Waals surface area contributed by atoms with Crippen LogP contribution in [0.2, 0.25) is 0 Å². The number of thiazole rings is 1. The number of benzene rings is 4. The molecule has 2 amide bonds. The fraction of sp³-hybridized carbons (Fsp3) is 0.121. The first-order chi connectivity index (χ1) is 21.0. The largest absolute Gasteiger partial charge is 0.497 e. The number of carbonyl (C=O) groups is 2. The zero-order valence-corrected chi connectivity index (χ0v) is 25.3. The summed E-state index contributed by atoms with van der Waals surface area (Å²) >= 11 is 2.75. The molecule has 0 spiro atoms. The molecule has 0 radical (unpaired) electrons. The predicted molar refractivity (Wildman–Crippen MR) is 172 cm³/mol.